The summed E-state index contributed by atoms with van der Waals surface area (Å²) in [6.07, 6.45) is -4.29. The first-order valence-corrected chi connectivity index (χ1v) is 8.89. The van der Waals surface area contributed by atoms with Gasteiger partial charge in [0, 0.05) is 44.2 Å². The quantitative estimate of drug-likeness (QED) is 0.763. The van der Waals surface area contributed by atoms with Gasteiger partial charge in [0.25, 0.3) is 0 Å². The topological polar surface area (TPSA) is 9.72 Å². The third-order valence-corrected chi connectivity index (χ3v) is 5.63. The molecule has 0 amide bonds. The van der Waals surface area contributed by atoms with Crippen LogP contribution in [0.1, 0.15) is 5.56 Å². The highest BCUT2D eigenvalue weighted by molar-refractivity contribution is 8.23. The first-order chi connectivity index (χ1) is 10.9. The van der Waals surface area contributed by atoms with E-state index in [4.69, 9.17) is 12.2 Å². The van der Waals surface area contributed by atoms with Crippen LogP contribution >= 0.6 is 24.0 Å². The number of hydrogen-bond acceptors (Lipinski definition) is 4. The summed E-state index contributed by atoms with van der Waals surface area (Å²) in [5, 5.41) is 0. The van der Waals surface area contributed by atoms with Crippen molar-refractivity contribution in [1.29, 1.82) is 0 Å². The summed E-state index contributed by atoms with van der Waals surface area (Å²) in [5.41, 5.74) is 0.0589. The largest absolute Gasteiger partial charge is 0.416 e. The van der Waals surface area contributed by atoms with Gasteiger partial charge in [-0.05, 0) is 18.2 Å². The van der Waals surface area contributed by atoms with Crippen LogP contribution in [0.2, 0.25) is 0 Å². The molecule has 0 N–H and O–H groups in total. The number of thioether (sulfide) groups is 1. The van der Waals surface area contributed by atoms with Crippen LogP contribution in [0.3, 0.4) is 0 Å². The predicted octanol–water partition coefficient (Wildman–Crippen LogP) is 3.12. The van der Waals surface area contributed by atoms with Gasteiger partial charge in [0.15, 0.2) is 0 Å². The van der Waals surface area contributed by atoms with Gasteiger partial charge >= 0.3 is 6.18 Å². The molecule has 0 saturated carbocycles. The van der Waals surface area contributed by atoms with Crippen molar-refractivity contribution in [1.82, 2.24) is 9.80 Å². The van der Waals surface area contributed by atoms with E-state index in [-0.39, 0.29) is 0 Å². The fraction of sp³-hybridized carbons (Fsp3) is 0.533. The Labute approximate surface area is 143 Å². The SMILES string of the molecule is FC(F)(F)c1cccc(N2CCN(CN3CCSC3=S)CC2)c1. The molecule has 1 aromatic rings. The molecule has 0 atom stereocenters. The molecule has 2 heterocycles. The van der Waals surface area contributed by atoms with Gasteiger partial charge in [0.05, 0.1) is 12.2 Å². The summed E-state index contributed by atoms with van der Waals surface area (Å²) >= 11 is 7.01. The van der Waals surface area contributed by atoms with E-state index in [1.54, 1.807) is 17.8 Å². The Morgan fingerprint density at radius 2 is 1.83 bits per heavy atom. The van der Waals surface area contributed by atoms with Crippen LogP contribution in [0.4, 0.5) is 18.9 Å². The van der Waals surface area contributed by atoms with E-state index in [2.05, 4.69) is 9.80 Å². The van der Waals surface area contributed by atoms with Crippen molar-refractivity contribution < 1.29 is 13.2 Å². The Bertz CT molecular complexity index is 571. The van der Waals surface area contributed by atoms with E-state index in [9.17, 15) is 13.2 Å². The molecule has 126 valence electrons. The normalized spacial score (nSPS) is 20.4. The summed E-state index contributed by atoms with van der Waals surface area (Å²) in [6, 6.07) is 5.58. The Balaban J connectivity index is 1.57. The number of alkyl halides is 3. The number of rotatable bonds is 3. The number of hydrogen-bond donors (Lipinski definition) is 0. The lowest BCUT2D eigenvalue weighted by Crippen LogP contribution is -2.50. The summed E-state index contributed by atoms with van der Waals surface area (Å²) in [6.45, 7) is 4.93. The average Bonchev–Trinajstić information content (AvgIpc) is 2.92. The molecule has 3 rings (SSSR count). The van der Waals surface area contributed by atoms with Crippen molar-refractivity contribution in [2.24, 2.45) is 0 Å². The lowest BCUT2D eigenvalue weighted by atomic mass is 10.1. The second-order valence-electron chi connectivity index (χ2n) is 5.67. The maximum atomic E-state index is 12.8. The highest BCUT2D eigenvalue weighted by atomic mass is 32.2. The van der Waals surface area contributed by atoms with Gasteiger partial charge in [-0.15, -0.1) is 0 Å². The molecule has 8 heteroatoms. The molecule has 0 aliphatic carbocycles. The third kappa shape index (κ3) is 4.10. The fourth-order valence-electron chi connectivity index (χ4n) is 2.82. The minimum absolute atomic E-state index is 0.586. The van der Waals surface area contributed by atoms with Crippen molar-refractivity contribution in [3.8, 4) is 0 Å². The van der Waals surface area contributed by atoms with E-state index in [1.807, 2.05) is 4.90 Å². The van der Waals surface area contributed by atoms with E-state index in [0.29, 0.717) is 5.69 Å². The van der Waals surface area contributed by atoms with Gasteiger partial charge in [-0.25, -0.2) is 0 Å². The molecule has 2 saturated heterocycles. The lowest BCUT2D eigenvalue weighted by molar-refractivity contribution is -0.137. The Morgan fingerprint density at radius 1 is 1.09 bits per heavy atom. The maximum Gasteiger partial charge on any atom is 0.416 e. The molecule has 3 nitrogen and oxygen atoms in total. The van der Waals surface area contributed by atoms with Gasteiger partial charge in [0.1, 0.15) is 4.32 Å². The molecular formula is C15H18F3N3S2. The first-order valence-electron chi connectivity index (χ1n) is 7.50. The second-order valence-corrected chi connectivity index (χ2v) is 7.40. The summed E-state index contributed by atoms with van der Waals surface area (Å²) in [4.78, 5) is 6.52. The van der Waals surface area contributed by atoms with E-state index >= 15 is 0 Å². The van der Waals surface area contributed by atoms with Crippen LogP contribution < -0.4 is 4.90 Å². The summed E-state index contributed by atoms with van der Waals surface area (Å²) < 4.78 is 39.4. The van der Waals surface area contributed by atoms with Crippen LogP contribution in [-0.4, -0.2) is 59.3 Å². The monoisotopic (exact) mass is 361 g/mol. The number of nitrogens with zero attached hydrogens (tertiary/aromatic N) is 3. The van der Waals surface area contributed by atoms with Gasteiger partial charge in [-0.1, -0.05) is 30.0 Å². The third-order valence-electron chi connectivity index (χ3n) is 4.13. The highest BCUT2D eigenvalue weighted by Crippen LogP contribution is 2.32. The van der Waals surface area contributed by atoms with Gasteiger partial charge in [-0.3, -0.25) is 4.90 Å². The van der Waals surface area contributed by atoms with Crippen LogP contribution in [0.15, 0.2) is 24.3 Å². The Hall–Kier alpha value is -0.990. The predicted molar refractivity (Wildman–Crippen MR) is 91.9 cm³/mol. The molecule has 2 aliphatic rings. The smallest absolute Gasteiger partial charge is 0.369 e. The molecule has 0 unspecified atom stereocenters. The molecule has 0 bridgehead atoms. The summed E-state index contributed by atoms with van der Waals surface area (Å²) in [7, 11) is 0. The van der Waals surface area contributed by atoms with Crippen LogP contribution in [0.25, 0.3) is 0 Å². The zero-order valence-electron chi connectivity index (χ0n) is 12.6. The fourth-order valence-corrected chi connectivity index (χ4v) is 4.04. The van der Waals surface area contributed by atoms with Crippen molar-refractivity contribution in [2.75, 3.05) is 50.0 Å². The molecule has 23 heavy (non-hydrogen) atoms. The second kappa shape index (κ2) is 6.86. The molecule has 1 aromatic carbocycles. The number of thiocarbonyl (C=S) groups is 1. The van der Waals surface area contributed by atoms with Crippen molar-refractivity contribution in [3.63, 3.8) is 0 Å². The van der Waals surface area contributed by atoms with Gasteiger partial charge < -0.3 is 9.80 Å². The Kier molecular flexibility index (Phi) is 5.03. The van der Waals surface area contributed by atoms with Gasteiger partial charge in [0.2, 0.25) is 0 Å². The molecule has 0 radical (unpaired) electrons. The standard InChI is InChI=1S/C15H18F3N3S2/c16-15(17,18)12-2-1-3-13(10-12)20-6-4-19(5-7-20)11-21-8-9-23-14(21)22/h1-3,10H,4-9,11H2. The van der Waals surface area contributed by atoms with Crippen LogP contribution in [0, 0.1) is 0 Å². The number of piperazine rings is 1. The molecule has 0 spiro atoms. The average molecular weight is 361 g/mol. The lowest BCUT2D eigenvalue weighted by Gasteiger charge is -2.38. The minimum Gasteiger partial charge on any atom is -0.369 e. The van der Waals surface area contributed by atoms with Crippen molar-refractivity contribution >= 4 is 34.0 Å². The van der Waals surface area contributed by atoms with E-state index < -0.39 is 11.7 Å². The van der Waals surface area contributed by atoms with Crippen LogP contribution in [0.5, 0.6) is 0 Å². The first kappa shape index (κ1) is 16.9. The highest BCUT2D eigenvalue weighted by Gasteiger charge is 2.31. The molecule has 2 fully saturated rings. The maximum absolute atomic E-state index is 12.8. The Morgan fingerprint density at radius 3 is 2.43 bits per heavy atom. The number of benzene rings is 1. The number of anilines is 1. The van der Waals surface area contributed by atoms with Crippen molar-refractivity contribution in [3.05, 3.63) is 29.8 Å². The van der Waals surface area contributed by atoms with Gasteiger partial charge in [-0.2, -0.15) is 13.2 Å². The molecule has 2 aliphatic heterocycles. The molecule has 0 aromatic heterocycles. The van der Waals surface area contributed by atoms with E-state index in [0.717, 1.165) is 55.5 Å². The minimum atomic E-state index is -4.29. The zero-order valence-corrected chi connectivity index (χ0v) is 14.2. The van der Waals surface area contributed by atoms with Crippen LogP contribution in [-0.2, 0) is 6.18 Å². The molecular weight excluding hydrogens is 343 g/mol. The van der Waals surface area contributed by atoms with E-state index in [1.165, 1.54) is 12.1 Å². The number of halogens is 3. The zero-order chi connectivity index (χ0) is 16.4. The summed E-state index contributed by atoms with van der Waals surface area (Å²) in [5.74, 6) is 1.04. The van der Waals surface area contributed by atoms with Crippen molar-refractivity contribution in [2.45, 2.75) is 6.18 Å².